The molecule has 0 saturated carbocycles. The van der Waals surface area contributed by atoms with Crippen LogP contribution in [0.5, 0.6) is 5.75 Å². The highest BCUT2D eigenvalue weighted by Gasteiger charge is 2.17. The van der Waals surface area contributed by atoms with E-state index in [1.165, 1.54) is 0 Å². The Hall–Kier alpha value is -1.45. The molecule has 0 aliphatic carbocycles. The van der Waals surface area contributed by atoms with Crippen LogP contribution < -0.4 is 10.1 Å². The van der Waals surface area contributed by atoms with Crippen LogP contribution in [0.2, 0.25) is 5.02 Å². The monoisotopic (exact) mass is 293 g/mol. The zero-order valence-electron chi connectivity index (χ0n) is 12.1. The van der Waals surface area contributed by atoms with Gasteiger partial charge in [0.05, 0.1) is 13.2 Å². The van der Waals surface area contributed by atoms with Crippen LogP contribution in [-0.4, -0.2) is 13.7 Å². The van der Waals surface area contributed by atoms with Crippen LogP contribution in [-0.2, 0) is 6.42 Å². The maximum atomic E-state index is 6.09. The summed E-state index contributed by atoms with van der Waals surface area (Å²) in [5.41, 5.74) is 1.07. The van der Waals surface area contributed by atoms with Crippen molar-refractivity contribution in [3.05, 3.63) is 52.4 Å². The molecule has 0 saturated heterocycles. The first kappa shape index (κ1) is 14.9. The van der Waals surface area contributed by atoms with Crippen molar-refractivity contribution in [2.45, 2.75) is 26.3 Å². The predicted octanol–water partition coefficient (Wildman–Crippen LogP) is 4.14. The molecule has 0 fully saturated rings. The Morgan fingerprint density at radius 1 is 1.30 bits per heavy atom. The van der Waals surface area contributed by atoms with E-state index < -0.39 is 0 Å². The fourth-order valence-corrected chi connectivity index (χ4v) is 2.48. The third kappa shape index (κ3) is 3.56. The number of likely N-dealkylation sites (N-methyl/N-ethyl adjacent to an activating group) is 1. The highest BCUT2D eigenvalue weighted by molar-refractivity contribution is 6.30. The van der Waals surface area contributed by atoms with Crippen LogP contribution in [0.15, 0.2) is 34.7 Å². The lowest BCUT2D eigenvalue weighted by atomic mass is 10.0. The van der Waals surface area contributed by atoms with Crippen molar-refractivity contribution in [3.63, 3.8) is 0 Å². The normalized spacial score (nSPS) is 12.4. The summed E-state index contributed by atoms with van der Waals surface area (Å²) >= 11 is 6.09. The number of rotatable bonds is 6. The van der Waals surface area contributed by atoms with Crippen molar-refractivity contribution < 1.29 is 9.15 Å². The van der Waals surface area contributed by atoms with Crippen LogP contribution in [0.1, 0.15) is 30.0 Å². The third-order valence-electron chi connectivity index (χ3n) is 3.22. The molecule has 0 bridgehead atoms. The number of nitrogens with one attached hydrogen (secondary N) is 1. The number of aryl methyl sites for hydroxylation is 1. The van der Waals surface area contributed by atoms with Gasteiger partial charge in [0.1, 0.15) is 17.3 Å². The standard InChI is InChI=1S/C16H20ClNO2/c1-4-18-14(16-7-5-11(2)20-16)10-12-9-13(17)6-8-15(12)19-3/h5-9,14,18H,4,10H2,1-3H3. The van der Waals surface area contributed by atoms with Crippen molar-refractivity contribution in [2.75, 3.05) is 13.7 Å². The van der Waals surface area contributed by atoms with Crippen molar-refractivity contribution in [3.8, 4) is 5.75 Å². The lowest BCUT2D eigenvalue weighted by molar-refractivity contribution is 0.387. The molecule has 0 radical (unpaired) electrons. The molecular weight excluding hydrogens is 274 g/mol. The highest BCUT2D eigenvalue weighted by Crippen LogP contribution is 2.28. The third-order valence-corrected chi connectivity index (χ3v) is 3.46. The largest absolute Gasteiger partial charge is 0.496 e. The number of hydrogen-bond donors (Lipinski definition) is 1. The molecule has 2 aromatic rings. The van der Waals surface area contributed by atoms with Crippen molar-refractivity contribution >= 4 is 11.6 Å². The minimum atomic E-state index is 0.112. The number of halogens is 1. The molecule has 3 nitrogen and oxygen atoms in total. The van der Waals surface area contributed by atoms with Gasteiger partial charge in [0.15, 0.2) is 0 Å². The van der Waals surface area contributed by atoms with Gasteiger partial charge in [-0.1, -0.05) is 18.5 Å². The Balaban J connectivity index is 2.26. The lowest BCUT2D eigenvalue weighted by Gasteiger charge is -2.17. The minimum Gasteiger partial charge on any atom is -0.496 e. The zero-order chi connectivity index (χ0) is 14.5. The Bertz CT molecular complexity index is 565. The maximum absolute atomic E-state index is 6.09. The number of hydrogen-bond acceptors (Lipinski definition) is 3. The molecule has 1 aromatic heterocycles. The van der Waals surface area contributed by atoms with Crippen LogP contribution in [0.3, 0.4) is 0 Å². The number of benzene rings is 1. The Morgan fingerprint density at radius 2 is 2.10 bits per heavy atom. The van der Waals surface area contributed by atoms with E-state index in [0.717, 1.165) is 35.8 Å². The van der Waals surface area contributed by atoms with Gasteiger partial charge in [-0.15, -0.1) is 0 Å². The molecule has 0 aliphatic rings. The fraction of sp³-hybridized carbons (Fsp3) is 0.375. The molecule has 1 heterocycles. The molecule has 0 aliphatic heterocycles. The lowest BCUT2D eigenvalue weighted by Crippen LogP contribution is -2.22. The van der Waals surface area contributed by atoms with E-state index in [1.807, 2.05) is 37.3 Å². The van der Waals surface area contributed by atoms with E-state index >= 15 is 0 Å². The van der Waals surface area contributed by atoms with E-state index in [-0.39, 0.29) is 6.04 Å². The van der Waals surface area contributed by atoms with Gasteiger partial charge in [-0.2, -0.15) is 0 Å². The molecule has 2 rings (SSSR count). The number of methoxy groups -OCH3 is 1. The fourth-order valence-electron chi connectivity index (χ4n) is 2.29. The van der Waals surface area contributed by atoms with Gasteiger partial charge in [0, 0.05) is 5.02 Å². The van der Waals surface area contributed by atoms with Gasteiger partial charge < -0.3 is 14.5 Å². The first-order valence-electron chi connectivity index (χ1n) is 6.76. The van der Waals surface area contributed by atoms with Crippen molar-refractivity contribution in [1.29, 1.82) is 0 Å². The average molecular weight is 294 g/mol. The summed E-state index contributed by atoms with van der Waals surface area (Å²) in [4.78, 5) is 0. The zero-order valence-corrected chi connectivity index (χ0v) is 12.8. The highest BCUT2D eigenvalue weighted by atomic mass is 35.5. The summed E-state index contributed by atoms with van der Waals surface area (Å²) in [6.45, 7) is 4.90. The Labute approximate surface area is 124 Å². The Morgan fingerprint density at radius 3 is 2.70 bits per heavy atom. The van der Waals surface area contributed by atoms with Crippen molar-refractivity contribution in [1.82, 2.24) is 5.32 Å². The summed E-state index contributed by atoms with van der Waals surface area (Å²) in [6, 6.07) is 9.79. The molecule has 1 N–H and O–H groups in total. The van der Waals surface area contributed by atoms with E-state index in [9.17, 15) is 0 Å². The summed E-state index contributed by atoms with van der Waals surface area (Å²) < 4.78 is 11.1. The molecule has 0 spiro atoms. The second kappa shape index (κ2) is 6.82. The van der Waals surface area contributed by atoms with Crippen molar-refractivity contribution in [2.24, 2.45) is 0 Å². The van der Waals surface area contributed by atoms with Gasteiger partial charge in [-0.3, -0.25) is 0 Å². The SMILES string of the molecule is CCNC(Cc1cc(Cl)ccc1OC)c1ccc(C)o1. The summed E-state index contributed by atoms with van der Waals surface area (Å²) in [7, 11) is 1.67. The van der Waals surface area contributed by atoms with E-state index in [0.29, 0.717) is 5.02 Å². The second-order valence-corrected chi connectivity index (χ2v) is 5.16. The van der Waals surface area contributed by atoms with Crippen LogP contribution >= 0.6 is 11.6 Å². The smallest absolute Gasteiger partial charge is 0.122 e. The van der Waals surface area contributed by atoms with Crippen LogP contribution in [0, 0.1) is 6.92 Å². The first-order valence-corrected chi connectivity index (χ1v) is 7.14. The molecule has 1 aromatic carbocycles. The van der Waals surface area contributed by atoms with Gasteiger partial charge in [-0.05, 0) is 55.8 Å². The molecule has 108 valence electrons. The summed E-state index contributed by atoms with van der Waals surface area (Å²) in [6.07, 6.45) is 0.768. The molecule has 1 unspecified atom stereocenters. The van der Waals surface area contributed by atoms with Crippen LogP contribution in [0.25, 0.3) is 0 Å². The first-order chi connectivity index (χ1) is 9.63. The van der Waals surface area contributed by atoms with Gasteiger partial charge in [0.2, 0.25) is 0 Å². The van der Waals surface area contributed by atoms with Gasteiger partial charge in [0.25, 0.3) is 0 Å². The summed E-state index contributed by atoms with van der Waals surface area (Å²) in [5.74, 6) is 2.70. The van der Waals surface area contributed by atoms with Gasteiger partial charge >= 0.3 is 0 Å². The van der Waals surface area contributed by atoms with E-state index in [2.05, 4.69) is 12.2 Å². The average Bonchev–Trinajstić information content (AvgIpc) is 2.85. The molecule has 20 heavy (non-hydrogen) atoms. The number of furan rings is 1. The summed E-state index contributed by atoms with van der Waals surface area (Å²) in [5, 5.41) is 4.15. The molecule has 0 amide bonds. The molecule has 1 atom stereocenters. The van der Waals surface area contributed by atoms with Crippen LogP contribution in [0.4, 0.5) is 0 Å². The molecular formula is C16H20ClNO2. The van der Waals surface area contributed by atoms with Gasteiger partial charge in [-0.25, -0.2) is 0 Å². The second-order valence-electron chi connectivity index (χ2n) is 4.72. The quantitative estimate of drug-likeness (QED) is 0.869. The molecule has 4 heteroatoms. The topological polar surface area (TPSA) is 34.4 Å². The minimum absolute atomic E-state index is 0.112. The van der Waals surface area contributed by atoms with E-state index in [4.69, 9.17) is 20.8 Å². The predicted molar refractivity (Wildman–Crippen MR) is 81.6 cm³/mol. The van der Waals surface area contributed by atoms with E-state index in [1.54, 1.807) is 7.11 Å². The maximum Gasteiger partial charge on any atom is 0.122 e. The Kier molecular flexibility index (Phi) is 5.10. The number of ether oxygens (including phenoxy) is 1.